The Morgan fingerprint density at radius 2 is 1.83 bits per heavy atom. The van der Waals surface area contributed by atoms with Gasteiger partial charge in [-0.15, -0.1) is 0 Å². The molecule has 106 valence electrons. The summed E-state index contributed by atoms with van der Waals surface area (Å²) >= 11 is 0. The Hall–Kier alpha value is -1.26. The van der Waals surface area contributed by atoms with Crippen molar-refractivity contribution >= 4 is 12.0 Å². The van der Waals surface area contributed by atoms with Crippen LogP contribution in [0, 0.1) is 11.3 Å². The average molecular weight is 258 g/mol. The molecule has 0 bridgehead atoms. The fourth-order valence-corrected chi connectivity index (χ4v) is 1.34. The highest BCUT2D eigenvalue weighted by molar-refractivity contribution is 5.76. The monoisotopic (exact) mass is 258 g/mol. The van der Waals surface area contributed by atoms with E-state index in [0.29, 0.717) is 6.42 Å². The fourth-order valence-electron chi connectivity index (χ4n) is 1.34. The van der Waals surface area contributed by atoms with E-state index < -0.39 is 11.9 Å². The number of rotatable bonds is 6. The predicted molar refractivity (Wildman–Crippen MR) is 71.5 cm³/mol. The Morgan fingerprint density at radius 1 is 1.28 bits per heavy atom. The SMILES string of the molecule is CCCC(CNC(=O)NC(C)C(C)(C)C)C(=O)O. The molecule has 0 aromatic carbocycles. The first-order valence-corrected chi connectivity index (χ1v) is 6.45. The van der Waals surface area contributed by atoms with E-state index in [1.807, 2.05) is 34.6 Å². The molecule has 0 rings (SSSR count). The summed E-state index contributed by atoms with van der Waals surface area (Å²) in [5.41, 5.74) is -0.0209. The van der Waals surface area contributed by atoms with Crippen molar-refractivity contribution in [2.45, 2.75) is 53.5 Å². The summed E-state index contributed by atoms with van der Waals surface area (Å²) in [5, 5.41) is 14.4. The molecule has 0 aliphatic rings. The highest BCUT2D eigenvalue weighted by Gasteiger charge is 2.22. The maximum Gasteiger partial charge on any atom is 0.315 e. The van der Waals surface area contributed by atoms with Crippen molar-refractivity contribution in [2.24, 2.45) is 11.3 Å². The molecular weight excluding hydrogens is 232 g/mol. The Labute approximate surface area is 109 Å². The van der Waals surface area contributed by atoms with Gasteiger partial charge in [0, 0.05) is 12.6 Å². The summed E-state index contributed by atoms with van der Waals surface area (Å²) in [6.45, 7) is 10.1. The lowest BCUT2D eigenvalue weighted by molar-refractivity contribution is -0.141. The second-order valence-electron chi connectivity index (χ2n) is 5.77. The van der Waals surface area contributed by atoms with Crippen LogP contribution >= 0.6 is 0 Å². The van der Waals surface area contributed by atoms with Crippen molar-refractivity contribution in [2.75, 3.05) is 6.54 Å². The first kappa shape index (κ1) is 16.7. The van der Waals surface area contributed by atoms with Crippen molar-refractivity contribution in [3.05, 3.63) is 0 Å². The third-order valence-electron chi connectivity index (χ3n) is 3.14. The second-order valence-corrected chi connectivity index (χ2v) is 5.77. The normalized spacial score (nSPS) is 14.7. The summed E-state index contributed by atoms with van der Waals surface area (Å²) < 4.78 is 0. The number of carboxylic acids is 1. The van der Waals surface area contributed by atoms with E-state index in [1.54, 1.807) is 0 Å². The fraction of sp³-hybridized carbons (Fsp3) is 0.846. The van der Waals surface area contributed by atoms with Crippen LogP contribution < -0.4 is 10.6 Å². The summed E-state index contributed by atoms with van der Waals surface area (Å²) in [7, 11) is 0. The largest absolute Gasteiger partial charge is 0.481 e. The number of carboxylic acid groups (broad SMARTS) is 1. The van der Waals surface area contributed by atoms with Gasteiger partial charge in [-0.2, -0.15) is 0 Å². The van der Waals surface area contributed by atoms with E-state index >= 15 is 0 Å². The molecule has 0 fully saturated rings. The molecule has 18 heavy (non-hydrogen) atoms. The highest BCUT2D eigenvalue weighted by atomic mass is 16.4. The van der Waals surface area contributed by atoms with E-state index in [0.717, 1.165) is 6.42 Å². The lowest BCUT2D eigenvalue weighted by Crippen LogP contribution is -2.47. The number of hydrogen-bond acceptors (Lipinski definition) is 2. The molecule has 2 amide bonds. The molecule has 0 aliphatic heterocycles. The summed E-state index contributed by atoms with van der Waals surface area (Å²) in [6, 6.07) is -0.285. The van der Waals surface area contributed by atoms with Crippen LogP contribution in [0.5, 0.6) is 0 Å². The number of aliphatic carboxylic acids is 1. The van der Waals surface area contributed by atoms with Gasteiger partial charge in [-0.3, -0.25) is 4.79 Å². The van der Waals surface area contributed by atoms with Gasteiger partial charge in [0.25, 0.3) is 0 Å². The van der Waals surface area contributed by atoms with Crippen LogP contribution in [0.4, 0.5) is 4.79 Å². The van der Waals surface area contributed by atoms with Crippen LogP contribution in [0.25, 0.3) is 0 Å². The van der Waals surface area contributed by atoms with Crippen molar-refractivity contribution in [3.8, 4) is 0 Å². The van der Waals surface area contributed by atoms with Crippen LogP contribution in [0.3, 0.4) is 0 Å². The number of carbonyl (C=O) groups is 2. The third kappa shape index (κ3) is 6.47. The van der Waals surface area contributed by atoms with Gasteiger partial charge in [-0.25, -0.2) is 4.79 Å². The Balaban J connectivity index is 4.13. The zero-order valence-electron chi connectivity index (χ0n) is 12.0. The van der Waals surface area contributed by atoms with Crippen molar-refractivity contribution in [3.63, 3.8) is 0 Å². The van der Waals surface area contributed by atoms with Crippen LogP contribution in [0.2, 0.25) is 0 Å². The van der Waals surface area contributed by atoms with E-state index in [4.69, 9.17) is 5.11 Å². The number of urea groups is 1. The Morgan fingerprint density at radius 3 is 2.22 bits per heavy atom. The molecule has 0 radical (unpaired) electrons. The van der Waals surface area contributed by atoms with Crippen LogP contribution in [-0.4, -0.2) is 29.7 Å². The summed E-state index contributed by atoms with van der Waals surface area (Å²) in [4.78, 5) is 22.5. The number of hydrogen-bond donors (Lipinski definition) is 3. The number of carbonyl (C=O) groups excluding carboxylic acids is 1. The van der Waals surface area contributed by atoms with Gasteiger partial charge in [0.15, 0.2) is 0 Å². The van der Waals surface area contributed by atoms with Crippen molar-refractivity contribution in [1.29, 1.82) is 0 Å². The minimum absolute atomic E-state index is 0.0203. The first-order valence-electron chi connectivity index (χ1n) is 6.45. The van der Waals surface area contributed by atoms with Crippen LogP contribution in [0.15, 0.2) is 0 Å². The van der Waals surface area contributed by atoms with E-state index in [2.05, 4.69) is 10.6 Å². The lowest BCUT2D eigenvalue weighted by atomic mass is 9.88. The minimum Gasteiger partial charge on any atom is -0.481 e. The van der Waals surface area contributed by atoms with Crippen LogP contribution in [-0.2, 0) is 4.79 Å². The molecule has 0 spiro atoms. The molecule has 0 aliphatic carbocycles. The topological polar surface area (TPSA) is 78.4 Å². The molecule has 3 N–H and O–H groups in total. The molecule has 2 atom stereocenters. The molecule has 2 unspecified atom stereocenters. The summed E-state index contributed by atoms with van der Waals surface area (Å²) in [5.74, 6) is -1.37. The van der Waals surface area contributed by atoms with Gasteiger partial charge >= 0.3 is 12.0 Å². The molecule has 0 saturated heterocycles. The van der Waals surface area contributed by atoms with Crippen LogP contribution in [0.1, 0.15) is 47.5 Å². The van der Waals surface area contributed by atoms with E-state index in [9.17, 15) is 9.59 Å². The zero-order valence-corrected chi connectivity index (χ0v) is 12.0. The van der Waals surface area contributed by atoms with Crippen molar-refractivity contribution < 1.29 is 14.7 Å². The second kappa shape index (κ2) is 7.24. The maximum atomic E-state index is 11.6. The lowest BCUT2D eigenvalue weighted by Gasteiger charge is -2.28. The van der Waals surface area contributed by atoms with Gasteiger partial charge in [0.2, 0.25) is 0 Å². The summed E-state index contributed by atoms with van der Waals surface area (Å²) in [6.07, 6.45) is 1.36. The molecule has 0 saturated carbocycles. The molecule has 0 heterocycles. The predicted octanol–water partition coefficient (Wildman–Crippen LogP) is 2.22. The zero-order chi connectivity index (χ0) is 14.3. The van der Waals surface area contributed by atoms with Gasteiger partial charge < -0.3 is 15.7 Å². The van der Waals surface area contributed by atoms with Gasteiger partial charge in [0.05, 0.1) is 5.92 Å². The van der Waals surface area contributed by atoms with E-state index in [1.165, 1.54) is 0 Å². The first-order chi connectivity index (χ1) is 8.18. The van der Waals surface area contributed by atoms with Gasteiger partial charge in [-0.1, -0.05) is 34.1 Å². The number of nitrogens with one attached hydrogen (secondary N) is 2. The van der Waals surface area contributed by atoms with Crippen molar-refractivity contribution in [1.82, 2.24) is 10.6 Å². The number of amides is 2. The molecule has 5 nitrogen and oxygen atoms in total. The minimum atomic E-state index is -0.860. The maximum absolute atomic E-state index is 11.6. The Kier molecular flexibility index (Phi) is 6.73. The third-order valence-corrected chi connectivity index (χ3v) is 3.14. The smallest absolute Gasteiger partial charge is 0.315 e. The average Bonchev–Trinajstić information content (AvgIpc) is 2.22. The van der Waals surface area contributed by atoms with Gasteiger partial charge in [-0.05, 0) is 18.8 Å². The molecule has 5 heteroatoms. The molecule has 0 aromatic rings. The standard InChI is InChI=1S/C13H26N2O3/c1-6-7-10(11(16)17)8-14-12(18)15-9(2)13(3,4)5/h9-10H,6-8H2,1-5H3,(H,16,17)(H2,14,15,18). The molecule has 0 aromatic heterocycles. The quantitative estimate of drug-likeness (QED) is 0.683. The Bertz CT molecular complexity index is 284. The highest BCUT2D eigenvalue weighted by Crippen LogP contribution is 2.18. The van der Waals surface area contributed by atoms with E-state index in [-0.39, 0.29) is 24.0 Å². The molecular formula is C13H26N2O3. The van der Waals surface area contributed by atoms with Gasteiger partial charge in [0.1, 0.15) is 0 Å².